The van der Waals surface area contributed by atoms with Gasteiger partial charge in [0.1, 0.15) is 11.0 Å². The Balaban J connectivity index is 1.34. The zero-order valence-corrected chi connectivity index (χ0v) is 29.0. The summed E-state index contributed by atoms with van der Waals surface area (Å²) >= 11 is 5.00. The van der Waals surface area contributed by atoms with E-state index in [1.807, 2.05) is 25.1 Å². The van der Waals surface area contributed by atoms with Crippen LogP contribution in [0.2, 0.25) is 5.02 Å². The Morgan fingerprint density at radius 3 is 2.76 bits per heavy atom. The number of ether oxygens (including phenoxy) is 2. The number of hydrogen-bond acceptors (Lipinski definition) is 6. The zero-order valence-electron chi connectivity index (χ0n) is 27.4. The van der Waals surface area contributed by atoms with Crippen molar-refractivity contribution in [3.63, 3.8) is 0 Å². The van der Waals surface area contributed by atoms with Gasteiger partial charge in [0.15, 0.2) is 0 Å². The molecule has 2 aromatic rings. The average Bonchev–Trinajstić information content (AvgIpc) is 3.18. The Labute approximate surface area is 281 Å². The number of carbonyl (C=O) groups is 2. The number of anilines is 1. The van der Waals surface area contributed by atoms with Gasteiger partial charge in [-0.05, 0) is 98.7 Å². The maximum Gasteiger partial charge on any atom is 0.260 e. The molecule has 250 valence electrons. The maximum atomic E-state index is 12.6. The van der Waals surface area contributed by atoms with E-state index in [9.17, 15) is 14.1 Å². The molecule has 3 N–H and O–H groups in total. The summed E-state index contributed by atoms with van der Waals surface area (Å²) in [4.78, 5) is 26.3. The van der Waals surface area contributed by atoms with Crippen molar-refractivity contribution in [2.24, 2.45) is 23.5 Å². The number of nitrogens with zero attached hydrogens (tertiary/aromatic N) is 1. The maximum absolute atomic E-state index is 12.6. The number of fused-ring (bicyclic) bond motifs is 3. The fraction of sp³-hybridized carbons (Fsp3) is 0.556. The molecule has 2 aromatic carbocycles. The third-order valence-corrected chi connectivity index (χ3v) is 12.3. The van der Waals surface area contributed by atoms with E-state index in [4.69, 9.17) is 26.8 Å². The molecular formula is C36H48ClN3O5S. The SMILES string of the molecule is CCC(=O)N[S+]([O-])[C@H](C)[C@@H](C)C/C=C/[C@H](OC)[C@@H]1CC[C@H]1CN1C[C@@]2(CCCc3cc(Cl)ccc32)COc2ccc(C(N)=O)cc21. The van der Waals surface area contributed by atoms with E-state index in [2.05, 4.69) is 40.8 Å². The van der Waals surface area contributed by atoms with Gasteiger partial charge in [-0.3, -0.25) is 9.59 Å². The van der Waals surface area contributed by atoms with Gasteiger partial charge in [0, 0.05) is 48.5 Å². The molecule has 0 saturated heterocycles. The number of nitrogens with two attached hydrogens (primary N) is 1. The van der Waals surface area contributed by atoms with Gasteiger partial charge in [-0.25, -0.2) is 0 Å². The first-order valence-electron chi connectivity index (χ1n) is 16.5. The Kier molecular flexibility index (Phi) is 11.3. The van der Waals surface area contributed by atoms with E-state index in [0.29, 0.717) is 30.4 Å². The molecule has 0 radical (unpaired) electrons. The van der Waals surface area contributed by atoms with E-state index in [-0.39, 0.29) is 28.6 Å². The lowest BCUT2D eigenvalue weighted by molar-refractivity contribution is -0.119. The van der Waals surface area contributed by atoms with Crippen molar-refractivity contribution in [3.8, 4) is 5.75 Å². The first-order chi connectivity index (χ1) is 22.0. The standard InChI is InChI=1S/C36H48ClN3O5S/c1-5-34(41)39-46(43)24(3)23(2)8-6-10-32(44-4)29-14-11-27(29)20-40-21-36(17-7-9-25-18-28(37)13-15-30(25)36)22-45-33-16-12-26(35(38)42)19-31(33)40/h6,10,12-13,15-16,18-19,23-24,27,29,32H,5,7-9,11,14,17,20-22H2,1-4H3,(H2,38,42)(H,39,41)/b10-6+/t23-,24+,27-,29+,32-,36-,46?/m0/s1. The molecule has 1 aliphatic heterocycles. The molecule has 0 bridgehead atoms. The van der Waals surface area contributed by atoms with Crippen LogP contribution < -0.4 is 20.1 Å². The van der Waals surface area contributed by atoms with E-state index >= 15 is 0 Å². The number of allylic oxidation sites excluding steroid dienone is 1. The third-order valence-electron chi connectivity index (χ3n) is 10.5. The molecule has 10 heteroatoms. The van der Waals surface area contributed by atoms with Gasteiger partial charge in [0.2, 0.25) is 5.91 Å². The third kappa shape index (κ3) is 7.53. The Bertz CT molecular complexity index is 1440. The van der Waals surface area contributed by atoms with Crippen LogP contribution in [0.4, 0.5) is 5.69 Å². The fourth-order valence-electron chi connectivity index (χ4n) is 7.31. The highest BCUT2D eigenvalue weighted by atomic mass is 35.5. The van der Waals surface area contributed by atoms with Crippen LogP contribution in [0.15, 0.2) is 48.6 Å². The van der Waals surface area contributed by atoms with Gasteiger partial charge < -0.3 is 24.7 Å². The van der Waals surface area contributed by atoms with Crippen LogP contribution in [-0.2, 0) is 32.7 Å². The predicted molar refractivity (Wildman–Crippen MR) is 185 cm³/mol. The highest BCUT2D eigenvalue weighted by Crippen LogP contribution is 2.47. The first kappa shape index (κ1) is 34.6. The molecule has 2 aliphatic carbocycles. The Morgan fingerprint density at radius 1 is 1.26 bits per heavy atom. The molecule has 8 nitrogen and oxygen atoms in total. The summed E-state index contributed by atoms with van der Waals surface area (Å²) in [5.74, 6) is 0.976. The summed E-state index contributed by atoms with van der Waals surface area (Å²) in [7, 11) is 1.76. The molecule has 0 aromatic heterocycles. The van der Waals surface area contributed by atoms with Crippen molar-refractivity contribution in [3.05, 3.63) is 70.3 Å². The minimum atomic E-state index is -1.41. The lowest BCUT2D eigenvalue weighted by Crippen LogP contribution is -2.49. The molecular weight excluding hydrogens is 622 g/mol. The van der Waals surface area contributed by atoms with Gasteiger partial charge in [-0.1, -0.05) is 43.7 Å². The Hall–Kier alpha value is -2.72. The summed E-state index contributed by atoms with van der Waals surface area (Å²) < 4.78 is 27.7. The molecule has 5 rings (SSSR count). The minimum Gasteiger partial charge on any atom is -0.593 e. The van der Waals surface area contributed by atoms with Crippen molar-refractivity contribution >= 4 is 40.5 Å². The van der Waals surface area contributed by atoms with Gasteiger partial charge >= 0.3 is 0 Å². The highest BCUT2D eigenvalue weighted by molar-refractivity contribution is 7.90. The lowest BCUT2D eigenvalue weighted by atomic mass is 9.68. The number of primary amides is 1. The monoisotopic (exact) mass is 669 g/mol. The number of aryl methyl sites for hydroxylation is 1. The zero-order chi connectivity index (χ0) is 33.0. The van der Waals surface area contributed by atoms with E-state index in [0.717, 1.165) is 68.1 Å². The summed E-state index contributed by atoms with van der Waals surface area (Å²) in [6, 6.07) is 11.8. The fourth-order valence-corrected chi connectivity index (χ4v) is 8.59. The summed E-state index contributed by atoms with van der Waals surface area (Å²) in [5, 5.41) is 0.592. The quantitative estimate of drug-likeness (QED) is 0.208. The van der Waals surface area contributed by atoms with Crippen LogP contribution in [0.5, 0.6) is 5.75 Å². The van der Waals surface area contributed by atoms with E-state index in [1.165, 1.54) is 11.1 Å². The Morgan fingerprint density at radius 2 is 2.07 bits per heavy atom. The second-order valence-corrected chi connectivity index (χ2v) is 15.4. The molecule has 7 atom stereocenters. The topological polar surface area (TPSA) is 117 Å². The van der Waals surface area contributed by atoms with Crippen LogP contribution in [0.25, 0.3) is 0 Å². The second-order valence-electron chi connectivity index (χ2n) is 13.4. The first-order valence-corrected chi connectivity index (χ1v) is 18.1. The van der Waals surface area contributed by atoms with Crippen molar-refractivity contribution < 1.29 is 23.6 Å². The number of hydrogen-bond donors (Lipinski definition) is 2. The normalized spacial score (nSPS) is 25.0. The molecule has 1 spiro atoms. The van der Waals surface area contributed by atoms with Gasteiger partial charge in [-0.2, -0.15) is 4.72 Å². The van der Waals surface area contributed by atoms with E-state index in [1.54, 1.807) is 20.1 Å². The minimum absolute atomic E-state index is 0.0438. The number of carbonyl (C=O) groups excluding carboxylic acids is 2. The van der Waals surface area contributed by atoms with E-state index < -0.39 is 17.3 Å². The lowest BCUT2D eigenvalue weighted by Gasteiger charge is -2.46. The van der Waals surface area contributed by atoms with Crippen molar-refractivity contribution in [2.75, 3.05) is 31.7 Å². The van der Waals surface area contributed by atoms with Crippen molar-refractivity contribution in [1.29, 1.82) is 0 Å². The predicted octanol–water partition coefficient (Wildman–Crippen LogP) is 6.11. The molecule has 3 aliphatic rings. The number of nitrogens with one attached hydrogen (secondary N) is 1. The van der Waals surface area contributed by atoms with Crippen molar-refractivity contribution in [2.45, 2.75) is 82.5 Å². The number of amides is 2. The largest absolute Gasteiger partial charge is 0.593 e. The molecule has 1 saturated carbocycles. The molecule has 1 fully saturated rings. The molecule has 2 amide bonds. The number of methoxy groups -OCH3 is 1. The van der Waals surface area contributed by atoms with Crippen LogP contribution in [0.1, 0.15) is 80.8 Å². The van der Waals surface area contributed by atoms with Gasteiger partial charge in [0.05, 0.1) is 29.8 Å². The summed E-state index contributed by atoms with van der Waals surface area (Å²) in [5.41, 5.74) is 9.50. The smallest absolute Gasteiger partial charge is 0.260 e. The summed E-state index contributed by atoms with van der Waals surface area (Å²) in [6.45, 7) is 7.87. The number of halogens is 1. The van der Waals surface area contributed by atoms with Crippen LogP contribution in [-0.4, -0.2) is 54.5 Å². The van der Waals surface area contributed by atoms with Crippen LogP contribution in [0, 0.1) is 17.8 Å². The number of benzene rings is 2. The van der Waals surface area contributed by atoms with Gasteiger partial charge in [0.25, 0.3) is 5.91 Å². The molecule has 46 heavy (non-hydrogen) atoms. The van der Waals surface area contributed by atoms with Crippen LogP contribution >= 0.6 is 11.6 Å². The number of rotatable bonds is 12. The second kappa shape index (κ2) is 15.0. The summed E-state index contributed by atoms with van der Waals surface area (Å²) in [6.07, 6.45) is 10.5. The van der Waals surface area contributed by atoms with Gasteiger partial charge in [-0.15, -0.1) is 0 Å². The molecule has 1 unspecified atom stereocenters. The van der Waals surface area contributed by atoms with Crippen LogP contribution in [0.3, 0.4) is 0 Å². The average molecular weight is 670 g/mol. The molecule has 1 heterocycles. The highest BCUT2D eigenvalue weighted by Gasteiger charge is 2.44. The van der Waals surface area contributed by atoms with Crippen molar-refractivity contribution in [1.82, 2.24) is 4.72 Å².